The predicted molar refractivity (Wildman–Crippen MR) is 94.2 cm³/mol. The zero-order chi connectivity index (χ0) is 17.3. The molecule has 3 rings (SSSR count). The van der Waals surface area contributed by atoms with Crippen molar-refractivity contribution in [3.8, 4) is 0 Å². The molecule has 3 aromatic heterocycles. The molecular formula is C18H21N5O. The maximum atomic E-state index is 12.7. The number of anilines is 1. The lowest BCUT2D eigenvalue weighted by molar-refractivity contribution is 0.102. The van der Waals surface area contributed by atoms with Crippen LogP contribution in [0.4, 0.5) is 5.82 Å². The fourth-order valence-corrected chi connectivity index (χ4v) is 2.61. The van der Waals surface area contributed by atoms with E-state index in [9.17, 15) is 4.79 Å². The summed E-state index contributed by atoms with van der Waals surface area (Å²) in [4.78, 5) is 21.5. The Balaban J connectivity index is 2.02. The second kappa shape index (κ2) is 6.39. The van der Waals surface area contributed by atoms with Crippen molar-refractivity contribution in [1.29, 1.82) is 0 Å². The summed E-state index contributed by atoms with van der Waals surface area (Å²) in [5.41, 5.74) is 3.14. The van der Waals surface area contributed by atoms with Gasteiger partial charge in [-0.05, 0) is 51.0 Å². The molecule has 0 aliphatic carbocycles. The van der Waals surface area contributed by atoms with Gasteiger partial charge in [0, 0.05) is 11.9 Å². The third-order valence-electron chi connectivity index (χ3n) is 4.10. The van der Waals surface area contributed by atoms with Crippen LogP contribution in [0.1, 0.15) is 47.9 Å². The Labute approximate surface area is 140 Å². The highest BCUT2D eigenvalue weighted by atomic mass is 16.1. The number of amides is 1. The second-order valence-corrected chi connectivity index (χ2v) is 6.07. The third-order valence-corrected chi connectivity index (χ3v) is 4.10. The molecule has 24 heavy (non-hydrogen) atoms. The molecule has 6 nitrogen and oxygen atoms in total. The van der Waals surface area contributed by atoms with Crippen molar-refractivity contribution >= 4 is 22.8 Å². The number of carbonyl (C=O) groups excluding carboxylic acids is 1. The Morgan fingerprint density at radius 2 is 2.12 bits per heavy atom. The summed E-state index contributed by atoms with van der Waals surface area (Å²) in [6.07, 6.45) is 4.34. The van der Waals surface area contributed by atoms with Gasteiger partial charge in [0.25, 0.3) is 5.91 Å². The Morgan fingerprint density at radius 3 is 2.83 bits per heavy atom. The van der Waals surface area contributed by atoms with E-state index >= 15 is 0 Å². The van der Waals surface area contributed by atoms with Crippen molar-refractivity contribution in [1.82, 2.24) is 19.7 Å². The summed E-state index contributed by atoms with van der Waals surface area (Å²) < 4.78 is 1.88. The lowest BCUT2D eigenvalue weighted by Crippen LogP contribution is -2.14. The fraction of sp³-hybridized carbons (Fsp3) is 0.333. The van der Waals surface area contributed by atoms with Crippen LogP contribution >= 0.6 is 0 Å². The molecule has 1 N–H and O–H groups in total. The molecule has 3 heterocycles. The number of pyridine rings is 2. The van der Waals surface area contributed by atoms with Crippen LogP contribution in [0.3, 0.4) is 0 Å². The molecular weight excluding hydrogens is 302 g/mol. The van der Waals surface area contributed by atoms with Gasteiger partial charge in [0.1, 0.15) is 5.82 Å². The molecule has 124 valence electrons. The maximum Gasteiger partial charge on any atom is 0.257 e. The minimum Gasteiger partial charge on any atom is -0.307 e. The third kappa shape index (κ3) is 2.99. The van der Waals surface area contributed by atoms with Gasteiger partial charge >= 0.3 is 0 Å². The SMILES string of the molecule is CC[C@H](C)n1ncc2c(C(=O)Nc3cc(C)ccn3)cc(C)nc21. The minimum absolute atomic E-state index is 0.202. The summed E-state index contributed by atoms with van der Waals surface area (Å²) in [5, 5.41) is 8.04. The van der Waals surface area contributed by atoms with E-state index in [1.54, 1.807) is 18.5 Å². The fourth-order valence-electron chi connectivity index (χ4n) is 2.61. The van der Waals surface area contributed by atoms with Gasteiger partial charge in [-0.2, -0.15) is 5.10 Å². The van der Waals surface area contributed by atoms with E-state index in [0.29, 0.717) is 11.4 Å². The van der Waals surface area contributed by atoms with E-state index in [4.69, 9.17) is 0 Å². The molecule has 0 spiro atoms. The van der Waals surface area contributed by atoms with Gasteiger partial charge in [0.15, 0.2) is 5.65 Å². The highest BCUT2D eigenvalue weighted by Gasteiger charge is 2.18. The van der Waals surface area contributed by atoms with E-state index < -0.39 is 0 Å². The lowest BCUT2D eigenvalue weighted by atomic mass is 10.1. The molecule has 0 bridgehead atoms. The van der Waals surface area contributed by atoms with Crippen LogP contribution < -0.4 is 5.32 Å². The monoisotopic (exact) mass is 323 g/mol. The van der Waals surface area contributed by atoms with Crippen molar-refractivity contribution in [2.45, 2.75) is 40.2 Å². The Kier molecular flexibility index (Phi) is 4.29. The molecule has 6 heteroatoms. The number of nitrogens with zero attached hydrogens (tertiary/aromatic N) is 4. The second-order valence-electron chi connectivity index (χ2n) is 6.07. The topological polar surface area (TPSA) is 72.7 Å². The van der Waals surface area contributed by atoms with Gasteiger partial charge in [-0.15, -0.1) is 0 Å². The number of hydrogen-bond donors (Lipinski definition) is 1. The average molecular weight is 323 g/mol. The highest BCUT2D eigenvalue weighted by molar-refractivity contribution is 6.11. The number of fused-ring (bicyclic) bond motifs is 1. The van der Waals surface area contributed by atoms with Crippen molar-refractivity contribution in [2.75, 3.05) is 5.32 Å². The molecule has 0 aromatic carbocycles. The zero-order valence-electron chi connectivity index (χ0n) is 14.4. The van der Waals surface area contributed by atoms with Gasteiger partial charge in [0.05, 0.1) is 23.2 Å². The van der Waals surface area contributed by atoms with Crippen LogP contribution in [0.2, 0.25) is 0 Å². The number of aromatic nitrogens is 4. The lowest BCUT2D eigenvalue weighted by Gasteiger charge is -2.11. The summed E-state index contributed by atoms with van der Waals surface area (Å²) in [6, 6.07) is 5.74. The molecule has 0 saturated heterocycles. The van der Waals surface area contributed by atoms with Crippen molar-refractivity contribution in [3.05, 3.63) is 47.4 Å². The Morgan fingerprint density at radius 1 is 1.33 bits per heavy atom. The highest BCUT2D eigenvalue weighted by Crippen LogP contribution is 2.23. The number of hydrogen-bond acceptors (Lipinski definition) is 4. The van der Waals surface area contributed by atoms with Gasteiger partial charge in [-0.1, -0.05) is 6.92 Å². The quantitative estimate of drug-likeness (QED) is 0.795. The zero-order valence-corrected chi connectivity index (χ0v) is 14.4. The smallest absolute Gasteiger partial charge is 0.257 e. The average Bonchev–Trinajstić information content (AvgIpc) is 2.97. The molecule has 1 amide bonds. The van der Waals surface area contributed by atoms with Crippen molar-refractivity contribution < 1.29 is 4.79 Å². The van der Waals surface area contributed by atoms with Crippen LogP contribution in [0.25, 0.3) is 11.0 Å². The van der Waals surface area contributed by atoms with Crippen LogP contribution in [-0.2, 0) is 0 Å². The van der Waals surface area contributed by atoms with Crippen molar-refractivity contribution in [3.63, 3.8) is 0 Å². The van der Waals surface area contributed by atoms with Crippen LogP contribution in [0.5, 0.6) is 0 Å². The molecule has 3 aromatic rings. The number of carbonyl (C=O) groups is 1. The van der Waals surface area contributed by atoms with E-state index in [-0.39, 0.29) is 11.9 Å². The van der Waals surface area contributed by atoms with Gasteiger partial charge in [-0.25, -0.2) is 14.6 Å². The Bertz CT molecular complexity index is 900. The summed E-state index contributed by atoms with van der Waals surface area (Å²) in [7, 11) is 0. The van der Waals surface area contributed by atoms with Crippen LogP contribution in [0.15, 0.2) is 30.6 Å². The van der Waals surface area contributed by atoms with Crippen LogP contribution in [0, 0.1) is 13.8 Å². The van der Waals surface area contributed by atoms with E-state index in [1.807, 2.05) is 30.7 Å². The predicted octanol–water partition coefficient (Wildman–Crippen LogP) is 3.67. The van der Waals surface area contributed by atoms with Crippen LogP contribution in [-0.4, -0.2) is 25.7 Å². The first-order chi connectivity index (χ1) is 11.5. The number of rotatable bonds is 4. The molecule has 1 atom stereocenters. The van der Waals surface area contributed by atoms with E-state index in [0.717, 1.165) is 28.7 Å². The normalized spacial score (nSPS) is 12.3. The number of aryl methyl sites for hydroxylation is 2. The summed E-state index contributed by atoms with van der Waals surface area (Å²) in [5.74, 6) is 0.337. The standard InChI is InChI=1S/C18H21N5O/c1-5-13(4)23-17-15(10-20-23)14(9-12(3)21-17)18(24)22-16-8-11(2)6-7-19-16/h6-10,13H,5H2,1-4H3,(H,19,22,24)/t13-/m0/s1. The molecule has 0 unspecified atom stereocenters. The molecule has 0 aliphatic rings. The minimum atomic E-state index is -0.202. The molecule has 0 saturated carbocycles. The van der Waals surface area contributed by atoms with E-state index in [2.05, 4.69) is 34.2 Å². The first kappa shape index (κ1) is 16.1. The molecule has 0 aliphatic heterocycles. The van der Waals surface area contributed by atoms with E-state index in [1.165, 1.54) is 0 Å². The first-order valence-electron chi connectivity index (χ1n) is 8.08. The summed E-state index contributed by atoms with van der Waals surface area (Å²) >= 11 is 0. The molecule has 0 fully saturated rings. The maximum absolute atomic E-state index is 12.7. The van der Waals surface area contributed by atoms with Crippen molar-refractivity contribution in [2.24, 2.45) is 0 Å². The first-order valence-corrected chi connectivity index (χ1v) is 8.08. The Hall–Kier alpha value is -2.76. The van der Waals surface area contributed by atoms with Gasteiger partial charge in [0.2, 0.25) is 0 Å². The van der Waals surface area contributed by atoms with Gasteiger partial charge in [-0.3, -0.25) is 4.79 Å². The number of nitrogens with one attached hydrogen (secondary N) is 1. The summed E-state index contributed by atoms with van der Waals surface area (Å²) in [6.45, 7) is 8.04. The molecule has 0 radical (unpaired) electrons. The largest absolute Gasteiger partial charge is 0.307 e. The van der Waals surface area contributed by atoms with Gasteiger partial charge < -0.3 is 5.32 Å².